The zero-order valence-corrected chi connectivity index (χ0v) is 24.0. The molecule has 2 N–H and O–H groups in total. The molecular weight excluding hydrogens is 499 g/mol. The fourth-order valence-corrected chi connectivity index (χ4v) is 7.75. The van der Waals surface area contributed by atoms with E-state index in [1.807, 2.05) is 6.07 Å². The molecule has 38 heavy (non-hydrogen) atoms. The Hall–Kier alpha value is -1.74. The Balaban J connectivity index is 1.41. The molecule has 1 aromatic carbocycles. The number of aromatic nitrogens is 1. The summed E-state index contributed by atoms with van der Waals surface area (Å²) in [6, 6.07) is 6.22. The van der Waals surface area contributed by atoms with Gasteiger partial charge in [0.25, 0.3) is 0 Å². The highest BCUT2D eigenvalue weighted by atomic mass is 32.2. The number of piperidine rings is 1. The molecule has 1 aromatic heterocycles. The molecule has 0 radical (unpaired) electrons. The van der Waals surface area contributed by atoms with Crippen LogP contribution in [0.2, 0.25) is 0 Å². The van der Waals surface area contributed by atoms with Crippen molar-refractivity contribution in [3.63, 3.8) is 0 Å². The molecule has 0 unspecified atom stereocenters. The van der Waals surface area contributed by atoms with Gasteiger partial charge in [-0.2, -0.15) is 0 Å². The van der Waals surface area contributed by atoms with Gasteiger partial charge in [-0.1, -0.05) is 11.1 Å². The van der Waals surface area contributed by atoms with Crippen molar-refractivity contribution in [2.24, 2.45) is 5.14 Å². The van der Waals surface area contributed by atoms with Gasteiger partial charge < -0.3 is 9.47 Å². The number of primary sulfonamides is 1. The number of nitrogens with zero attached hydrogens (tertiary/aromatic N) is 3. The minimum absolute atomic E-state index is 0.0279. The lowest BCUT2D eigenvalue weighted by Crippen LogP contribution is -2.43. The molecule has 6 nitrogen and oxygen atoms in total. The average Bonchev–Trinajstić information content (AvgIpc) is 3.50. The van der Waals surface area contributed by atoms with Crippen LogP contribution in [0, 0.1) is 5.82 Å². The van der Waals surface area contributed by atoms with Crippen molar-refractivity contribution in [1.82, 2.24) is 14.4 Å². The second-order valence-electron chi connectivity index (χ2n) is 12.0. The molecule has 0 atom stereocenters. The minimum Gasteiger partial charge on any atom is -0.341 e. The van der Waals surface area contributed by atoms with Gasteiger partial charge in [0.05, 0.1) is 5.75 Å². The first-order valence-electron chi connectivity index (χ1n) is 14.6. The summed E-state index contributed by atoms with van der Waals surface area (Å²) >= 11 is 0. The predicted octanol–water partition coefficient (Wildman–Crippen LogP) is 5.51. The number of hydrogen-bond donors (Lipinski definition) is 1. The van der Waals surface area contributed by atoms with Crippen LogP contribution in [-0.2, 0) is 23.0 Å². The predicted molar refractivity (Wildman–Crippen MR) is 153 cm³/mol. The van der Waals surface area contributed by atoms with Crippen molar-refractivity contribution in [3.05, 3.63) is 46.4 Å². The van der Waals surface area contributed by atoms with Crippen molar-refractivity contribution in [2.45, 2.75) is 96.7 Å². The van der Waals surface area contributed by atoms with Gasteiger partial charge in [-0.3, -0.25) is 4.90 Å². The molecule has 3 aliphatic rings. The number of hydrogen-bond acceptors (Lipinski definition) is 4. The quantitative estimate of drug-likeness (QED) is 0.445. The Labute approximate surface area is 228 Å². The van der Waals surface area contributed by atoms with Crippen LogP contribution in [0.3, 0.4) is 0 Å². The van der Waals surface area contributed by atoms with Crippen molar-refractivity contribution in [1.29, 1.82) is 0 Å². The molecule has 3 fully saturated rings. The van der Waals surface area contributed by atoms with E-state index in [0.29, 0.717) is 24.9 Å². The van der Waals surface area contributed by atoms with Gasteiger partial charge in [-0.05, 0) is 115 Å². The first-order valence-corrected chi connectivity index (χ1v) is 16.3. The average molecular weight is 545 g/mol. The van der Waals surface area contributed by atoms with E-state index in [0.717, 1.165) is 56.5 Å². The van der Waals surface area contributed by atoms with Crippen LogP contribution < -0.4 is 5.14 Å². The third-order valence-electron chi connectivity index (χ3n) is 9.25. The third kappa shape index (κ3) is 6.35. The fourth-order valence-electron chi connectivity index (χ4n) is 7.20. The maximum atomic E-state index is 14.5. The van der Waals surface area contributed by atoms with E-state index in [1.165, 1.54) is 55.4 Å². The standard InChI is InChI=1S/C30H45FN4O2S/c1-22(2)23-7-10-25(11-8-23)34-17-13-26(14-18-34)35-29(6-5-19-38(32,36)37)28(21-33-15-3-4-16-33)27-20-24(31)9-12-30(27)35/h9,12,20,25-26H,3-8,10-11,13-19,21H2,1-2H3,(H2,32,36,37). The van der Waals surface area contributed by atoms with Crippen LogP contribution >= 0.6 is 0 Å². The van der Waals surface area contributed by atoms with E-state index in [9.17, 15) is 12.8 Å². The number of nitrogens with two attached hydrogens (primary N) is 1. The zero-order valence-electron chi connectivity index (χ0n) is 23.2. The van der Waals surface area contributed by atoms with E-state index in [4.69, 9.17) is 5.14 Å². The Bertz CT molecular complexity index is 1260. The number of sulfonamides is 1. The summed E-state index contributed by atoms with van der Waals surface area (Å²) in [4.78, 5) is 5.16. The summed E-state index contributed by atoms with van der Waals surface area (Å²) in [7, 11) is -3.52. The Morgan fingerprint density at radius 1 is 1.00 bits per heavy atom. The van der Waals surface area contributed by atoms with E-state index >= 15 is 0 Å². The van der Waals surface area contributed by atoms with Crippen molar-refractivity contribution in [2.75, 3.05) is 31.9 Å². The summed E-state index contributed by atoms with van der Waals surface area (Å²) in [6.45, 7) is 9.57. The van der Waals surface area contributed by atoms with Crippen molar-refractivity contribution >= 4 is 20.9 Å². The molecule has 0 spiro atoms. The van der Waals surface area contributed by atoms with Crippen LogP contribution in [0.1, 0.15) is 88.9 Å². The van der Waals surface area contributed by atoms with Gasteiger partial charge in [-0.15, -0.1) is 0 Å². The van der Waals surface area contributed by atoms with Crippen LogP contribution in [0.4, 0.5) is 4.39 Å². The topological polar surface area (TPSA) is 71.6 Å². The molecule has 2 aromatic rings. The normalized spacial score (nSPS) is 22.5. The second-order valence-corrected chi connectivity index (χ2v) is 13.7. The molecule has 8 heteroatoms. The monoisotopic (exact) mass is 544 g/mol. The van der Waals surface area contributed by atoms with Gasteiger partial charge in [-0.25, -0.2) is 17.9 Å². The smallest absolute Gasteiger partial charge is 0.209 e. The number of rotatable bonds is 8. The Kier molecular flexibility index (Phi) is 8.63. The van der Waals surface area contributed by atoms with Crippen LogP contribution in [0.5, 0.6) is 0 Å². The molecule has 1 saturated carbocycles. The lowest BCUT2D eigenvalue weighted by Gasteiger charge is -2.41. The SMILES string of the molecule is CC(C)=C1CCC(N2CCC(n3c(CCCS(N)(=O)=O)c(CN4CCCC4)c4cc(F)ccc43)CC2)CC1. The lowest BCUT2D eigenvalue weighted by molar-refractivity contribution is 0.116. The number of allylic oxidation sites excluding steroid dienone is 2. The number of halogens is 1. The van der Waals surface area contributed by atoms with E-state index in [-0.39, 0.29) is 11.6 Å². The number of benzene rings is 1. The summed E-state index contributed by atoms with van der Waals surface area (Å²) in [5, 5.41) is 6.35. The Morgan fingerprint density at radius 2 is 1.68 bits per heavy atom. The van der Waals surface area contributed by atoms with Crippen LogP contribution in [0.15, 0.2) is 29.3 Å². The fraction of sp³-hybridized carbons (Fsp3) is 0.667. The maximum absolute atomic E-state index is 14.5. The number of likely N-dealkylation sites (tertiary alicyclic amines) is 2. The minimum atomic E-state index is -3.52. The lowest BCUT2D eigenvalue weighted by atomic mass is 9.86. The first-order chi connectivity index (χ1) is 18.2. The van der Waals surface area contributed by atoms with Gasteiger partial charge in [0.15, 0.2) is 0 Å². The summed E-state index contributed by atoms with van der Waals surface area (Å²) < 4.78 is 40.5. The van der Waals surface area contributed by atoms with E-state index in [2.05, 4.69) is 28.2 Å². The highest BCUT2D eigenvalue weighted by Crippen LogP contribution is 2.38. The van der Waals surface area contributed by atoms with Gasteiger partial charge >= 0.3 is 0 Å². The summed E-state index contributed by atoms with van der Waals surface area (Å²) in [6.07, 6.45) is 10.6. The second kappa shape index (κ2) is 11.8. The highest BCUT2D eigenvalue weighted by Gasteiger charge is 2.31. The molecule has 3 heterocycles. The van der Waals surface area contributed by atoms with Gasteiger partial charge in [0, 0.05) is 48.3 Å². The summed E-state index contributed by atoms with van der Waals surface area (Å²) in [5.74, 6) is -0.240. The van der Waals surface area contributed by atoms with E-state index in [1.54, 1.807) is 17.7 Å². The molecule has 1 aliphatic carbocycles. The van der Waals surface area contributed by atoms with Crippen molar-refractivity contribution in [3.8, 4) is 0 Å². The van der Waals surface area contributed by atoms with Crippen LogP contribution in [-0.4, -0.2) is 60.8 Å². The summed E-state index contributed by atoms with van der Waals surface area (Å²) in [5.41, 5.74) is 6.61. The first kappa shape index (κ1) is 27.8. The highest BCUT2D eigenvalue weighted by molar-refractivity contribution is 7.89. The third-order valence-corrected chi connectivity index (χ3v) is 10.1. The molecule has 210 valence electrons. The molecule has 2 aliphatic heterocycles. The van der Waals surface area contributed by atoms with Gasteiger partial charge in [0.1, 0.15) is 5.82 Å². The molecule has 5 rings (SSSR count). The Morgan fingerprint density at radius 3 is 2.32 bits per heavy atom. The largest absolute Gasteiger partial charge is 0.341 e. The molecule has 2 saturated heterocycles. The molecular formula is C30H45FN4O2S. The van der Waals surface area contributed by atoms with Gasteiger partial charge in [0.2, 0.25) is 10.0 Å². The van der Waals surface area contributed by atoms with Crippen LogP contribution in [0.25, 0.3) is 10.9 Å². The number of fused-ring (bicyclic) bond motifs is 1. The molecule has 0 bridgehead atoms. The van der Waals surface area contributed by atoms with E-state index < -0.39 is 10.0 Å². The molecule has 0 amide bonds. The van der Waals surface area contributed by atoms with Crippen molar-refractivity contribution < 1.29 is 12.8 Å². The maximum Gasteiger partial charge on any atom is 0.209 e. The zero-order chi connectivity index (χ0) is 26.9.